The van der Waals surface area contributed by atoms with Gasteiger partial charge in [-0.3, -0.25) is 9.78 Å². The topological polar surface area (TPSA) is 30.0 Å². The number of hydrogen-bond acceptors (Lipinski definition) is 2. The van der Waals surface area contributed by atoms with Gasteiger partial charge in [-0.15, -0.1) is 0 Å². The third-order valence-electron chi connectivity index (χ3n) is 3.58. The maximum atomic E-state index is 11.8. The Balaban J connectivity index is 2.09. The highest BCUT2D eigenvalue weighted by atomic mass is 16.1. The minimum Gasteiger partial charge on any atom is -0.299 e. The predicted molar refractivity (Wildman–Crippen MR) is 64.2 cm³/mol. The Morgan fingerprint density at radius 3 is 3.06 bits per heavy atom. The van der Waals surface area contributed by atoms with E-state index >= 15 is 0 Å². The van der Waals surface area contributed by atoms with Gasteiger partial charge < -0.3 is 0 Å². The number of ketones is 1. The molecule has 16 heavy (non-hydrogen) atoms. The molecule has 1 aliphatic rings. The van der Waals surface area contributed by atoms with Crippen molar-refractivity contribution in [2.45, 2.75) is 39.5 Å². The average Bonchev–Trinajstić information content (AvgIpc) is 2.27. The van der Waals surface area contributed by atoms with Crippen LogP contribution >= 0.6 is 0 Å². The highest BCUT2D eigenvalue weighted by Crippen LogP contribution is 2.28. The van der Waals surface area contributed by atoms with Gasteiger partial charge in [-0.25, -0.2) is 0 Å². The Labute approximate surface area is 97.1 Å². The molecule has 0 N–H and O–H groups in total. The summed E-state index contributed by atoms with van der Waals surface area (Å²) in [7, 11) is 0. The van der Waals surface area contributed by atoms with Crippen LogP contribution in [0.25, 0.3) is 0 Å². The molecule has 0 aliphatic heterocycles. The van der Waals surface area contributed by atoms with E-state index in [1.807, 2.05) is 12.3 Å². The van der Waals surface area contributed by atoms with E-state index in [2.05, 4.69) is 24.9 Å². The lowest BCUT2D eigenvalue weighted by molar-refractivity contribution is -0.125. The van der Waals surface area contributed by atoms with Crippen LogP contribution in [0.2, 0.25) is 0 Å². The fraction of sp³-hybridized carbons (Fsp3) is 0.571. The molecule has 0 radical (unpaired) electrons. The predicted octanol–water partition coefficient (Wildman–Crippen LogP) is 2.94. The highest BCUT2D eigenvalue weighted by Gasteiger charge is 2.27. The Hall–Kier alpha value is -1.18. The molecule has 1 aliphatic carbocycles. The quantitative estimate of drug-likeness (QED) is 0.762. The first-order chi connectivity index (χ1) is 7.66. The van der Waals surface area contributed by atoms with Crippen molar-refractivity contribution in [1.29, 1.82) is 0 Å². The second kappa shape index (κ2) is 4.77. The molecular weight excluding hydrogens is 198 g/mol. The fourth-order valence-electron chi connectivity index (χ4n) is 2.49. The minimum atomic E-state index is 0.206. The normalized spacial score (nSPS) is 25.8. The first kappa shape index (κ1) is 11.3. The Morgan fingerprint density at radius 2 is 2.31 bits per heavy atom. The first-order valence-electron chi connectivity index (χ1n) is 6.10. The summed E-state index contributed by atoms with van der Waals surface area (Å²) in [6.07, 6.45) is 5.51. The molecule has 2 heteroatoms. The number of aromatic nitrogens is 1. The van der Waals surface area contributed by atoms with E-state index in [1.54, 1.807) is 0 Å². The maximum Gasteiger partial charge on any atom is 0.136 e. The standard InChI is InChI=1S/C14H19NO/c1-10-5-6-14(16)12(8-10)9-13-11(2)4-3-7-15-13/h3-4,7,10,12H,5-6,8-9H2,1-2H3. The smallest absolute Gasteiger partial charge is 0.136 e. The van der Waals surface area contributed by atoms with Gasteiger partial charge in [0.1, 0.15) is 5.78 Å². The van der Waals surface area contributed by atoms with Gasteiger partial charge in [-0.05, 0) is 43.7 Å². The summed E-state index contributed by atoms with van der Waals surface area (Å²) in [5.41, 5.74) is 2.29. The highest BCUT2D eigenvalue weighted by molar-refractivity contribution is 5.82. The number of carbonyl (C=O) groups excluding carboxylic acids is 1. The molecule has 1 heterocycles. The summed E-state index contributed by atoms with van der Waals surface area (Å²) in [5, 5.41) is 0. The Kier molecular flexibility index (Phi) is 3.37. The number of Topliss-reactive ketones (excluding diaryl/α,β-unsaturated/α-hetero) is 1. The van der Waals surface area contributed by atoms with Gasteiger partial charge in [0.05, 0.1) is 0 Å². The van der Waals surface area contributed by atoms with Gasteiger partial charge in [0, 0.05) is 24.2 Å². The van der Waals surface area contributed by atoms with E-state index in [0.29, 0.717) is 11.7 Å². The summed E-state index contributed by atoms with van der Waals surface area (Å²) in [6.45, 7) is 4.31. The Bertz CT molecular complexity index is 386. The summed E-state index contributed by atoms with van der Waals surface area (Å²) in [6, 6.07) is 4.02. The molecule has 1 aromatic heterocycles. The van der Waals surface area contributed by atoms with Crippen LogP contribution in [0.3, 0.4) is 0 Å². The largest absolute Gasteiger partial charge is 0.299 e. The zero-order valence-electron chi connectivity index (χ0n) is 10.1. The molecule has 1 fully saturated rings. The van der Waals surface area contributed by atoms with E-state index in [0.717, 1.165) is 31.4 Å². The van der Waals surface area contributed by atoms with Crippen LogP contribution in [0.1, 0.15) is 37.4 Å². The number of rotatable bonds is 2. The van der Waals surface area contributed by atoms with Gasteiger partial charge >= 0.3 is 0 Å². The van der Waals surface area contributed by atoms with Gasteiger partial charge in [-0.2, -0.15) is 0 Å². The van der Waals surface area contributed by atoms with Crippen LogP contribution in [0, 0.1) is 18.8 Å². The average molecular weight is 217 g/mol. The number of carbonyl (C=O) groups is 1. The van der Waals surface area contributed by atoms with Crippen LogP contribution in [-0.2, 0) is 11.2 Å². The van der Waals surface area contributed by atoms with Crippen LogP contribution in [0.4, 0.5) is 0 Å². The van der Waals surface area contributed by atoms with Crippen molar-refractivity contribution in [3.05, 3.63) is 29.6 Å². The molecule has 0 saturated heterocycles. The third-order valence-corrected chi connectivity index (χ3v) is 3.58. The zero-order valence-corrected chi connectivity index (χ0v) is 10.1. The molecule has 0 bridgehead atoms. The molecule has 0 amide bonds. The van der Waals surface area contributed by atoms with Crippen molar-refractivity contribution in [2.24, 2.45) is 11.8 Å². The molecular formula is C14H19NO. The fourth-order valence-corrected chi connectivity index (χ4v) is 2.49. The van der Waals surface area contributed by atoms with Crippen molar-refractivity contribution in [3.63, 3.8) is 0 Å². The van der Waals surface area contributed by atoms with Crippen molar-refractivity contribution in [2.75, 3.05) is 0 Å². The summed E-state index contributed by atoms with van der Waals surface area (Å²) >= 11 is 0. The number of nitrogens with zero attached hydrogens (tertiary/aromatic N) is 1. The van der Waals surface area contributed by atoms with E-state index < -0.39 is 0 Å². The minimum absolute atomic E-state index is 0.206. The SMILES string of the molecule is Cc1cccnc1CC1CC(C)CCC1=O. The summed E-state index contributed by atoms with van der Waals surface area (Å²) < 4.78 is 0. The van der Waals surface area contributed by atoms with Crippen LogP contribution < -0.4 is 0 Å². The van der Waals surface area contributed by atoms with Gasteiger partial charge in [0.25, 0.3) is 0 Å². The van der Waals surface area contributed by atoms with Crippen molar-refractivity contribution >= 4 is 5.78 Å². The summed E-state index contributed by atoms with van der Waals surface area (Å²) in [5.74, 6) is 1.33. The van der Waals surface area contributed by atoms with Gasteiger partial charge in [0.2, 0.25) is 0 Å². The number of pyridine rings is 1. The molecule has 0 aromatic carbocycles. The zero-order chi connectivity index (χ0) is 11.5. The lowest BCUT2D eigenvalue weighted by Gasteiger charge is -2.25. The lowest BCUT2D eigenvalue weighted by Crippen LogP contribution is -2.25. The molecule has 2 atom stereocenters. The van der Waals surface area contributed by atoms with Crippen LogP contribution in [-0.4, -0.2) is 10.8 Å². The van der Waals surface area contributed by atoms with E-state index in [-0.39, 0.29) is 5.92 Å². The van der Waals surface area contributed by atoms with Crippen molar-refractivity contribution < 1.29 is 4.79 Å². The Morgan fingerprint density at radius 1 is 1.50 bits per heavy atom. The molecule has 2 nitrogen and oxygen atoms in total. The molecule has 86 valence electrons. The number of hydrogen-bond donors (Lipinski definition) is 0. The maximum absolute atomic E-state index is 11.8. The number of aryl methyl sites for hydroxylation is 1. The van der Waals surface area contributed by atoms with Crippen LogP contribution in [0.15, 0.2) is 18.3 Å². The molecule has 0 spiro atoms. The molecule has 2 rings (SSSR count). The van der Waals surface area contributed by atoms with Gasteiger partial charge in [-0.1, -0.05) is 13.0 Å². The molecule has 2 unspecified atom stereocenters. The van der Waals surface area contributed by atoms with Gasteiger partial charge in [0.15, 0.2) is 0 Å². The van der Waals surface area contributed by atoms with Crippen LogP contribution in [0.5, 0.6) is 0 Å². The first-order valence-corrected chi connectivity index (χ1v) is 6.10. The van der Waals surface area contributed by atoms with Crippen molar-refractivity contribution in [3.8, 4) is 0 Å². The molecule has 1 saturated carbocycles. The second-order valence-corrected chi connectivity index (χ2v) is 5.01. The summed E-state index contributed by atoms with van der Waals surface area (Å²) in [4.78, 5) is 16.2. The lowest BCUT2D eigenvalue weighted by atomic mass is 9.79. The van der Waals surface area contributed by atoms with E-state index in [9.17, 15) is 4.79 Å². The molecule has 1 aromatic rings. The monoisotopic (exact) mass is 217 g/mol. The van der Waals surface area contributed by atoms with E-state index in [4.69, 9.17) is 0 Å². The second-order valence-electron chi connectivity index (χ2n) is 5.01. The van der Waals surface area contributed by atoms with E-state index in [1.165, 1.54) is 5.56 Å². The third kappa shape index (κ3) is 2.49. The van der Waals surface area contributed by atoms with Crippen molar-refractivity contribution in [1.82, 2.24) is 4.98 Å².